The van der Waals surface area contributed by atoms with Crippen LogP contribution < -0.4 is 5.32 Å². The van der Waals surface area contributed by atoms with Crippen molar-refractivity contribution in [2.45, 2.75) is 39.7 Å². The molecule has 1 aromatic rings. The summed E-state index contributed by atoms with van der Waals surface area (Å²) in [6.07, 6.45) is 7.25. The lowest BCUT2D eigenvalue weighted by Crippen LogP contribution is -2.11. The van der Waals surface area contributed by atoms with E-state index in [-0.39, 0.29) is 0 Å². The van der Waals surface area contributed by atoms with Gasteiger partial charge in [0, 0.05) is 32.1 Å². The van der Waals surface area contributed by atoms with Crippen molar-refractivity contribution in [3.05, 3.63) is 12.4 Å². The van der Waals surface area contributed by atoms with Crippen molar-refractivity contribution in [3.8, 4) is 0 Å². The van der Waals surface area contributed by atoms with E-state index in [1.807, 2.05) is 12.4 Å². The van der Waals surface area contributed by atoms with Crippen LogP contribution in [-0.2, 0) is 11.3 Å². The predicted octanol–water partition coefficient (Wildman–Crippen LogP) is 2.52. The molecule has 0 aliphatic carbocycles. The average molecular weight is 225 g/mol. The third-order valence-electron chi connectivity index (χ3n) is 2.37. The summed E-state index contributed by atoms with van der Waals surface area (Å²) in [5.74, 6) is 0.945. The first-order valence-electron chi connectivity index (χ1n) is 6.21. The van der Waals surface area contributed by atoms with E-state index in [2.05, 4.69) is 28.7 Å². The first kappa shape index (κ1) is 13.0. The molecule has 0 aromatic carbocycles. The molecule has 1 heterocycles. The van der Waals surface area contributed by atoms with E-state index in [4.69, 9.17) is 4.74 Å². The zero-order valence-electron chi connectivity index (χ0n) is 10.4. The van der Waals surface area contributed by atoms with Crippen LogP contribution in [0.5, 0.6) is 0 Å². The Balaban J connectivity index is 2.22. The average Bonchev–Trinajstić information content (AvgIpc) is 2.74. The molecule has 0 spiro atoms. The number of hydrogen-bond donors (Lipinski definition) is 1. The third kappa shape index (κ3) is 4.66. The molecular weight excluding hydrogens is 202 g/mol. The predicted molar refractivity (Wildman–Crippen MR) is 66.7 cm³/mol. The van der Waals surface area contributed by atoms with E-state index in [9.17, 15) is 0 Å². The van der Waals surface area contributed by atoms with E-state index < -0.39 is 0 Å². The number of anilines is 1. The van der Waals surface area contributed by atoms with Crippen LogP contribution in [0.25, 0.3) is 0 Å². The third-order valence-corrected chi connectivity index (χ3v) is 2.37. The summed E-state index contributed by atoms with van der Waals surface area (Å²) < 4.78 is 7.63. The van der Waals surface area contributed by atoms with Crippen LogP contribution >= 0.6 is 0 Å². The number of rotatable bonds is 9. The Morgan fingerprint density at radius 3 is 2.94 bits per heavy atom. The smallest absolute Gasteiger partial charge is 0.202 e. The molecule has 0 unspecified atom stereocenters. The quantitative estimate of drug-likeness (QED) is 0.656. The van der Waals surface area contributed by atoms with Gasteiger partial charge in [0.2, 0.25) is 5.95 Å². The highest BCUT2D eigenvalue weighted by atomic mass is 16.5. The van der Waals surface area contributed by atoms with Gasteiger partial charge in [-0.25, -0.2) is 4.98 Å². The van der Waals surface area contributed by atoms with Crippen LogP contribution in [0.2, 0.25) is 0 Å². The minimum absolute atomic E-state index is 0.761. The molecule has 92 valence electrons. The van der Waals surface area contributed by atoms with Gasteiger partial charge in [0.25, 0.3) is 0 Å². The van der Waals surface area contributed by atoms with Gasteiger partial charge in [-0.2, -0.15) is 0 Å². The molecule has 4 nitrogen and oxygen atoms in total. The Hall–Kier alpha value is -1.03. The molecule has 0 radical (unpaired) electrons. The van der Waals surface area contributed by atoms with E-state index in [0.717, 1.165) is 45.1 Å². The lowest BCUT2D eigenvalue weighted by molar-refractivity contribution is 0.124. The van der Waals surface area contributed by atoms with Gasteiger partial charge in [0.15, 0.2) is 0 Å². The summed E-state index contributed by atoms with van der Waals surface area (Å²) in [4.78, 5) is 4.27. The zero-order valence-corrected chi connectivity index (χ0v) is 10.4. The lowest BCUT2D eigenvalue weighted by Gasteiger charge is -2.09. The number of aromatic nitrogens is 2. The molecule has 16 heavy (non-hydrogen) atoms. The van der Waals surface area contributed by atoms with Crippen molar-refractivity contribution in [3.63, 3.8) is 0 Å². The molecule has 1 N–H and O–H groups in total. The zero-order chi connectivity index (χ0) is 11.6. The molecule has 0 saturated heterocycles. The van der Waals surface area contributed by atoms with Crippen LogP contribution in [0.4, 0.5) is 5.95 Å². The standard InChI is InChI=1S/C12H23N3O/c1-3-5-10-16-11-9-15-8-7-14-12(15)13-6-4-2/h7-8H,3-6,9-11H2,1-2H3,(H,13,14). The van der Waals surface area contributed by atoms with Crippen LogP contribution in [-0.4, -0.2) is 29.3 Å². The van der Waals surface area contributed by atoms with Gasteiger partial charge in [-0.15, -0.1) is 0 Å². The van der Waals surface area contributed by atoms with Crippen LogP contribution in [0, 0.1) is 0 Å². The van der Waals surface area contributed by atoms with E-state index >= 15 is 0 Å². The largest absolute Gasteiger partial charge is 0.380 e. The summed E-state index contributed by atoms with van der Waals surface area (Å²) in [5, 5.41) is 3.29. The summed E-state index contributed by atoms with van der Waals surface area (Å²) in [5.41, 5.74) is 0. The first-order chi connectivity index (χ1) is 7.88. The number of unbranched alkanes of at least 4 members (excludes halogenated alkanes) is 1. The highest BCUT2D eigenvalue weighted by molar-refractivity contribution is 5.25. The molecule has 4 heteroatoms. The van der Waals surface area contributed by atoms with Crippen molar-refractivity contribution in [1.29, 1.82) is 0 Å². The van der Waals surface area contributed by atoms with Crippen molar-refractivity contribution >= 4 is 5.95 Å². The molecule has 0 amide bonds. The number of nitrogens with one attached hydrogen (secondary N) is 1. The molecule has 0 fully saturated rings. The molecule has 0 aliphatic heterocycles. The second-order valence-electron chi connectivity index (χ2n) is 3.84. The number of imidazole rings is 1. The van der Waals surface area contributed by atoms with Gasteiger partial charge in [-0.3, -0.25) is 0 Å². The Bertz CT molecular complexity index is 273. The van der Waals surface area contributed by atoms with Gasteiger partial charge >= 0.3 is 0 Å². The van der Waals surface area contributed by atoms with Gasteiger partial charge in [-0.1, -0.05) is 20.3 Å². The van der Waals surface area contributed by atoms with Crippen LogP contribution in [0.15, 0.2) is 12.4 Å². The second kappa shape index (κ2) is 8.16. The molecule has 0 atom stereocenters. The highest BCUT2D eigenvalue weighted by Crippen LogP contribution is 2.04. The van der Waals surface area contributed by atoms with Crippen molar-refractivity contribution in [1.82, 2.24) is 9.55 Å². The Morgan fingerprint density at radius 1 is 1.31 bits per heavy atom. The van der Waals surface area contributed by atoms with Crippen molar-refractivity contribution in [2.75, 3.05) is 25.1 Å². The Labute approximate surface area is 98.0 Å². The van der Waals surface area contributed by atoms with Gasteiger partial charge in [-0.05, 0) is 12.8 Å². The summed E-state index contributed by atoms with van der Waals surface area (Å²) >= 11 is 0. The molecule has 1 rings (SSSR count). The second-order valence-corrected chi connectivity index (χ2v) is 3.84. The molecule has 0 bridgehead atoms. The van der Waals surface area contributed by atoms with Crippen molar-refractivity contribution < 1.29 is 4.74 Å². The Kier molecular flexibility index (Phi) is 6.65. The fraction of sp³-hybridized carbons (Fsp3) is 0.750. The molecular formula is C12H23N3O. The van der Waals surface area contributed by atoms with Crippen LogP contribution in [0.1, 0.15) is 33.1 Å². The van der Waals surface area contributed by atoms with Gasteiger partial charge < -0.3 is 14.6 Å². The number of hydrogen-bond acceptors (Lipinski definition) is 3. The molecule has 0 aliphatic rings. The molecule has 1 aromatic heterocycles. The SMILES string of the molecule is CCCCOCCn1ccnc1NCCC. The minimum Gasteiger partial charge on any atom is -0.380 e. The van der Waals surface area contributed by atoms with E-state index in [1.165, 1.54) is 6.42 Å². The topological polar surface area (TPSA) is 39.1 Å². The number of nitrogens with zero attached hydrogens (tertiary/aromatic N) is 2. The summed E-state index contributed by atoms with van der Waals surface area (Å²) in [7, 11) is 0. The molecule has 0 saturated carbocycles. The lowest BCUT2D eigenvalue weighted by atomic mass is 10.4. The summed E-state index contributed by atoms with van der Waals surface area (Å²) in [6.45, 7) is 7.78. The van der Waals surface area contributed by atoms with Gasteiger partial charge in [0.1, 0.15) is 0 Å². The van der Waals surface area contributed by atoms with Crippen LogP contribution in [0.3, 0.4) is 0 Å². The maximum absolute atomic E-state index is 5.53. The van der Waals surface area contributed by atoms with E-state index in [0.29, 0.717) is 0 Å². The monoisotopic (exact) mass is 225 g/mol. The highest BCUT2D eigenvalue weighted by Gasteiger charge is 2.00. The summed E-state index contributed by atoms with van der Waals surface area (Å²) in [6, 6.07) is 0. The fourth-order valence-electron chi connectivity index (χ4n) is 1.40. The first-order valence-corrected chi connectivity index (χ1v) is 6.21. The normalized spacial score (nSPS) is 10.6. The maximum Gasteiger partial charge on any atom is 0.202 e. The maximum atomic E-state index is 5.53. The minimum atomic E-state index is 0.761. The van der Waals surface area contributed by atoms with E-state index in [1.54, 1.807) is 0 Å². The Morgan fingerprint density at radius 2 is 2.19 bits per heavy atom. The fourth-order valence-corrected chi connectivity index (χ4v) is 1.40. The number of ether oxygens (including phenoxy) is 1. The van der Waals surface area contributed by atoms with Gasteiger partial charge in [0.05, 0.1) is 6.61 Å². The van der Waals surface area contributed by atoms with Crippen molar-refractivity contribution in [2.24, 2.45) is 0 Å².